The Balaban J connectivity index is 0.000000251. The number of carbonyl (C=O) groups is 2. The lowest BCUT2D eigenvalue weighted by atomic mass is 10.2. The number of rotatable bonds is 6. The van der Waals surface area contributed by atoms with Crippen molar-refractivity contribution >= 4 is 39.1 Å². The van der Waals surface area contributed by atoms with E-state index in [1.54, 1.807) is 0 Å². The third-order valence-corrected chi connectivity index (χ3v) is 5.13. The average molecular weight is 645 g/mol. The normalized spacial score (nSPS) is 10.2. The average Bonchev–Trinajstić information content (AvgIpc) is 3.42. The molecule has 2 aromatic heterocycles. The molecule has 9 N–H and O–H groups in total. The van der Waals surface area contributed by atoms with Gasteiger partial charge >= 0.3 is 11.4 Å². The summed E-state index contributed by atoms with van der Waals surface area (Å²) in [5, 5.41) is 23.8. The van der Waals surface area contributed by atoms with Crippen molar-refractivity contribution in [2.24, 2.45) is 25.6 Å². The van der Waals surface area contributed by atoms with Crippen LogP contribution in [0.4, 0.5) is 20.2 Å². The number of anilines is 2. The number of amides is 2. The van der Waals surface area contributed by atoms with Crippen LogP contribution in [0.25, 0.3) is 11.4 Å². The zero-order chi connectivity index (χ0) is 31.0. The number of nitrogen functional groups attached to an aromatic ring is 2. The maximum atomic E-state index is 13.5. The van der Waals surface area contributed by atoms with Crippen LogP contribution in [0.5, 0.6) is 11.5 Å². The fourth-order valence-corrected chi connectivity index (χ4v) is 2.66. The first kappa shape index (κ1) is 31.9. The van der Waals surface area contributed by atoms with Crippen molar-refractivity contribution in [1.82, 2.24) is 39.6 Å². The number of hydrogen-bond acceptors (Lipinski definition) is 12. The molecule has 21 heteroatoms. The first-order valence-corrected chi connectivity index (χ1v) is 11.9. The van der Waals surface area contributed by atoms with Crippen LogP contribution < -0.4 is 39.1 Å². The SMILES string of the molecule is Cn1nnn(-c2cc(N)c(F)cc2O)c1=O.Cn1nnn(-c2cc(N)c(F)cc2OCC(N)=O)c1=O.NC(=O)CBr. The van der Waals surface area contributed by atoms with Crippen LogP contribution >= 0.6 is 15.9 Å². The third kappa shape index (κ3) is 8.08. The molecule has 0 spiro atoms. The highest BCUT2D eigenvalue weighted by Gasteiger charge is 2.16. The summed E-state index contributed by atoms with van der Waals surface area (Å²) in [5.41, 5.74) is 18.8. The lowest BCUT2D eigenvalue weighted by Gasteiger charge is -2.10. The van der Waals surface area contributed by atoms with Crippen LogP contribution in [-0.4, -0.2) is 68.4 Å². The second-order valence-electron chi connectivity index (χ2n) is 7.65. The topological polar surface area (TPSA) is 273 Å². The van der Waals surface area contributed by atoms with Crippen LogP contribution in [0.2, 0.25) is 0 Å². The van der Waals surface area contributed by atoms with Crippen LogP contribution in [0.1, 0.15) is 0 Å². The van der Waals surface area contributed by atoms with Gasteiger partial charge in [0.25, 0.3) is 5.91 Å². The van der Waals surface area contributed by atoms with Crippen LogP contribution in [-0.2, 0) is 23.7 Å². The fourth-order valence-electron chi connectivity index (χ4n) is 2.66. The number of nitrogens with zero attached hydrogens (tertiary/aromatic N) is 8. The molecule has 0 bridgehead atoms. The van der Waals surface area contributed by atoms with E-state index in [1.165, 1.54) is 14.1 Å². The highest BCUT2D eigenvalue weighted by atomic mass is 79.9. The quantitative estimate of drug-likeness (QED) is 0.0850. The Morgan fingerprint density at radius 1 is 0.854 bits per heavy atom. The van der Waals surface area contributed by atoms with Crippen molar-refractivity contribution in [2.75, 3.05) is 23.4 Å². The number of halogens is 3. The van der Waals surface area contributed by atoms with Gasteiger partial charge in [0, 0.05) is 26.2 Å². The van der Waals surface area contributed by atoms with E-state index in [9.17, 15) is 33.1 Å². The van der Waals surface area contributed by atoms with Gasteiger partial charge < -0.3 is 32.8 Å². The number of hydrogen-bond donors (Lipinski definition) is 5. The molecule has 18 nitrogen and oxygen atoms in total. The van der Waals surface area contributed by atoms with E-state index in [2.05, 4.69) is 42.5 Å². The molecule has 0 aliphatic carbocycles. The Labute approximate surface area is 235 Å². The summed E-state index contributed by atoms with van der Waals surface area (Å²) in [6.45, 7) is -0.481. The van der Waals surface area contributed by atoms with Crippen LogP contribution in [0.15, 0.2) is 33.9 Å². The van der Waals surface area contributed by atoms with Crippen molar-refractivity contribution < 1.29 is 28.2 Å². The summed E-state index contributed by atoms with van der Waals surface area (Å²) in [6, 6.07) is 4.02. The molecule has 4 aromatic rings. The Morgan fingerprint density at radius 2 is 1.29 bits per heavy atom. The molecule has 41 heavy (non-hydrogen) atoms. The number of benzene rings is 2. The molecule has 0 aliphatic heterocycles. The minimum absolute atomic E-state index is 0.0167. The molecule has 220 valence electrons. The molecule has 2 amide bonds. The number of aromatic hydroxyl groups is 1. The number of alkyl halides is 1. The smallest absolute Gasteiger partial charge is 0.368 e. The second kappa shape index (κ2) is 13.6. The summed E-state index contributed by atoms with van der Waals surface area (Å²) in [6.07, 6.45) is 0. The van der Waals surface area contributed by atoms with Gasteiger partial charge in [0.15, 0.2) is 6.61 Å². The zero-order valence-electron chi connectivity index (χ0n) is 21.2. The van der Waals surface area contributed by atoms with E-state index in [-0.39, 0.29) is 39.7 Å². The van der Waals surface area contributed by atoms with Gasteiger partial charge in [-0.2, -0.15) is 18.7 Å². The minimum atomic E-state index is -0.766. The largest absolute Gasteiger partial charge is 0.506 e. The summed E-state index contributed by atoms with van der Waals surface area (Å²) >= 11 is 2.84. The number of aryl methyl sites for hydroxylation is 2. The van der Waals surface area contributed by atoms with Gasteiger partial charge in [-0.3, -0.25) is 9.59 Å². The molecule has 0 fully saturated rings. The molecule has 0 aliphatic rings. The molecular weight excluding hydrogens is 622 g/mol. The number of carbonyl (C=O) groups excluding carboxylic acids is 2. The first-order chi connectivity index (χ1) is 19.2. The van der Waals surface area contributed by atoms with Crippen molar-refractivity contribution in [1.29, 1.82) is 0 Å². The summed E-state index contributed by atoms with van der Waals surface area (Å²) in [4.78, 5) is 43.5. The van der Waals surface area contributed by atoms with Gasteiger partial charge in [0.05, 0.1) is 16.7 Å². The number of ether oxygens (including phenoxy) is 1. The van der Waals surface area contributed by atoms with Crippen molar-refractivity contribution in [3.63, 3.8) is 0 Å². The molecule has 0 saturated carbocycles. The van der Waals surface area contributed by atoms with E-state index < -0.39 is 41.3 Å². The molecule has 2 heterocycles. The Morgan fingerprint density at radius 3 is 1.71 bits per heavy atom. The van der Waals surface area contributed by atoms with Crippen molar-refractivity contribution in [3.05, 3.63) is 56.9 Å². The summed E-state index contributed by atoms with van der Waals surface area (Å²) < 4.78 is 35.1. The van der Waals surface area contributed by atoms with Crippen LogP contribution in [0.3, 0.4) is 0 Å². The zero-order valence-corrected chi connectivity index (χ0v) is 22.8. The lowest BCUT2D eigenvalue weighted by Crippen LogP contribution is -2.24. The Hall–Kier alpha value is -5.34. The second-order valence-corrected chi connectivity index (χ2v) is 8.21. The monoisotopic (exact) mass is 644 g/mol. The van der Waals surface area contributed by atoms with Crippen molar-refractivity contribution in [3.8, 4) is 22.9 Å². The fraction of sp³-hybridized carbons (Fsp3) is 0.200. The predicted octanol–water partition coefficient (Wildman–Crippen LogP) is -2.19. The van der Waals surface area contributed by atoms with E-state index in [1.807, 2.05) is 0 Å². The predicted molar refractivity (Wildman–Crippen MR) is 141 cm³/mol. The Bertz CT molecular complexity index is 1680. The number of phenolic OH excluding ortho intramolecular Hbond substituents is 1. The summed E-state index contributed by atoms with van der Waals surface area (Å²) in [5.74, 6) is -3.14. The highest BCUT2D eigenvalue weighted by Crippen LogP contribution is 2.27. The van der Waals surface area contributed by atoms with E-state index in [0.717, 1.165) is 43.0 Å². The molecule has 2 aromatic carbocycles. The maximum absolute atomic E-state index is 13.5. The molecule has 0 radical (unpaired) electrons. The van der Waals surface area contributed by atoms with E-state index in [4.69, 9.17) is 21.9 Å². The highest BCUT2D eigenvalue weighted by molar-refractivity contribution is 9.09. The van der Waals surface area contributed by atoms with Gasteiger partial charge in [-0.1, -0.05) is 15.9 Å². The molecule has 4 rings (SSSR count). The van der Waals surface area contributed by atoms with E-state index >= 15 is 0 Å². The van der Waals surface area contributed by atoms with E-state index in [0.29, 0.717) is 0 Å². The summed E-state index contributed by atoms with van der Waals surface area (Å²) in [7, 11) is 2.79. The van der Waals surface area contributed by atoms with Gasteiger partial charge in [-0.25, -0.2) is 18.4 Å². The van der Waals surface area contributed by atoms with Gasteiger partial charge in [-0.05, 0) is 33.0 Å². The van der Waals surface area contributed by atoms with Crippen LogP contribution in [0, 0.1) is 11.6 Å². The molecular formula is C20H23BrF2N12O6. The Kier molecular flexibility index (Phi) is 10.6. The molecule has 0 unspecified atom stereocenters. The lowest BCUT2D eigenvalue weighted by molar-refractivity contribution is -0.120. The van der Waals surface area contributed by atoms with Gasteiger partial charge in [0.1, 0.15) is 34.5 Å². The number of aromatic nitrogens is 8. The number of phenols is 1. The molecule has 0 saturated heterocycles. The number of tetrazole rings is 2. The molecule has 0 atom stereocenters. The minimum Gasteiger partial charge on any atom is -0.506 e. The third-order valence-electron chi connectivity index (χ3n) is 4.57. The first-order valence-electron chi connectivity index (χ1n) is 10.8. The standard InChI is InChI=1S/C10H11FN6O3.C8H8FN5O2.C2H4BrNO/c1-16-10(19)17(15-14-16)7-3-6(12)5(11)2-8(7)20-4-9(13)18;1-13-8(16)14(12-11-13)6-3-5(10)4(9)2-7(6)15;3-1-2(4)5/h2-3H,4,12H2,1H3,(H2,13,18);2-3,15H,10H2,1H3;1H2,(H2,4,5). The number of primary amides is 2. The van der Waals surface area contributed by atoms with Crippen molar-refractivity contribution in [2.45, 2.75) is 0 Å². The van der Waals surface area contributed by atoms with Gasteiger partial charge in [0.2, 0.25) is 5.91 Å². The van der Waals surface area contributed by atoms with Gasteiger partial charge in [-0.15, -0.1) is 0 Å². The number of nitrogens with two attached hydrogens (primary N) is 4. The maximum Gasteiger partial charge on any atom is 0.368 e.